The molecule has 166 valence electrons. The third-order valence-corrected chi connectivity index (χ3v) is 5.17. The second-order valence-electron chi connectivity index (χ2n) is 6.92. The van der Waals surface area contributed by atoms with Gasteiger partial charge < -0.3 is 24.4 Å². The lowest BCUT2D eigenvalue weighted by molar-refractivity contribution is -0.147. The molecule has 1 aliphatic heterocycles. The van der Waals surface area contributed by atoms with E-state index in [-0.39, 0.29) is 24.8 Å². The Labute approximate surface area is 185 Å². The number of unbranched alkanes of at least 4 members (excludes halogenated alkanes) is 2. The average Bonchev–Trinajstić information content (AvgIpc) is 2.73. The molecule has 9 heteroatoms. The van der Waals surface area contributed by atoms with E-state index in [9.17, 15) is 14.4 Å². The number of carbonyl (C=O) groups is 3. The Balaban J connectivity index is 2.14. The molecule has 0 aromatic heterocycles. The van der Waals surface area contributed by atoms with Gasteiger partial charge >= 0.3 is 5.97 Å². The molecular weight excluding hydrogens is 456 g/mol. The van der Waals surface area contributed by atoms with E-state index >= 15 is 0 Å². The molecule has 1 N–H and O–H groups in total. The highest BCUT2D eigenvalue weighted by atomic mass is 79.9. The van der Waals surface area contributed by atoms with Crippen molar-refractivity contribution in [1.29, 1.82) is 0 Å². The lowest BCUT2D eigenvalue weighted by Crippen LogP contribution is -2.57. The quantitative estimate of drug-likeness (QED) is 0.383. The normalized spacial score (nSPS) is 16.2. The zero-order valence-corrected chi connectivity index (χ0v) is 19.0. The summed E-state index contributed by atoms with van der Waals surface area (Å²) in [6, 6.07) is 4.19. The molecule has 1 aromatic carbocycles. The highest BCUT2D eigenvalue weighted by Gasteiger charge is 2.36. The number of benzene rings is 1. The summed E-state index contributed by atoms with van der Waals surface area (Å²) in [5.41, 5.74) is 0.316. The van der Waals surface area contributed by atoms with Gasteiger partial charge in [-0.05, 0) is 24.6 Å². The molecule has 8 nitrogen and oxygen atoms in total. The Morgan fingerprint density at radius 1 is 1.23 bits per heavy atom. The van der Waals surface area contributed by atoms with Gasteiger partial charge in [0.15, 0.2) is 0 Å². The molecule has 1 atom stereocenters. The first-order valence-corrected chi connectivity index (χ1v) is 10.9. The van der Waals surface area contributed by atoms with Crippen LogP contribution in [0.5, 0.6) is 5.75 Å². The summed E-state index contributed by atoms with van der Waals surface area (Å²) >= 11 is 3.37. The van der Waals surface area contributed by atoms with Crippen LogP contribution in [0.4, 0.5) is 0 Å². The number of nitrogens with zero attached hydrogens (tertiary/aromatic N) is 1. The molecule has 1 saturated heterocycles. The molecule has 1 unspecified atom stereocenters. The van der Waals surface area contributed by atoms with E-state index < -0.39 is 12.0 Å². The number of halogens is 1. The minimum Gasteiger partial charge on any atom is -0.490 e. The zero-order chi connectivity index (χ0) is 21.9. The van der Waals surface area contributed by atoms with E-state index in [1.54, 1.807) is 25.3 Å². The Bertz CT molecular complexity index is 742. The number of methoxy groups -OCH3 is 1. The van der Waals surface area contributed by atoms with Gasteiger partial charge in [0.2, 0.25) is 5.91 Å². The fourth-order valence-electron chi connectivity index (χ4n) is 3.10. The summed E-state index contributed by atoms with van der Waals surface area (Å²) in [4.78, 5) is 39.4. The molecule has 2 amide bonds. The van der Waals surface area contributed by atoms with Crippen LogP contribution in [0.15, 0.2) is 22.7 Å². The first-order chi connectivity index (χ1) is 14.5. The minimum atomic E-state index is -0.921. The standard InChI is InChI=1S/C21H29BrN2O6/c1-3-4-5-10-30-19(25)14-17-20(26)23-8-9-24(17)21(27)16-13-15(22)6-7-18(16)29-12-11-28-2/h6-7,13,17H,3-5,8-12,14H2,1-2H3,(H,23,26). The minimum absolute atomic E-state index is 0.183. The van der Waals surface area contributed by atoms with Crippen molar-refractivity contribution < 1.29 is 28.6 Å². The van der Waals surface area contributed by atoms with Gasteiger partial charge in [0.1, 0.15) is 18.4 Å². The maximum atomic E-state index is 13.3. The van der Waals surface area contributed by atoms with Crippen LogP contribution in [0.2, 0.25) is 0 Å². The van der Waals surface area contributed by atoms with E-state index in [0.29, 0.717) is 42.1 Å². The van der Waals surface area contributed by atoms with Crippen molar-refractivity contribution in [2.45, 2.75) is 38.6 Å². The SMILES string of the molecule is CCCCCOC(=O)CC1C(=O)NCCN1C(=O)c1cc(Br)ccc1OCCOC. The Kier molecular flexibility index (Phi) is 10.1. The number of piperazine rings is 1. The number of hydrogen-bond donors (Lipinski definition) is 1. The Hall–Kier alpha value is -2.13. The van der Waals surface area contributed by atoms with Gasteiger partial charge in [-0.1, -0.05) is 35.7 Å². The summed E-state index contributed by atoms with van der Waals surface area (Å²) in [5, 5.41) is 2.72. The maximum Gasteiger partial charge on any atom is 0.308 e. The Morgan fingerprint density at radius 3 is 2.77 bits per heavy atom. The van der Waals surface area contributed by atoms with Crippen molar-refractivity contribution in [2.24, 2.45) is 0 Å². The predicted octanol–water partition coefficient (Wildman–Crippen LogP) is 2.54. The lowest BCUT2D eigenvalue weighted by Gasteiger charge is -2.35. The van der Waals surface area contributed by atoms with Crippen LogP contribution < -0.4 is 10.1 Å². The van der Waals surface area contributed by atoms with Crippen LogP contribution in [0, 0.1) is 0 Å². The molecule has 1 heterocycles. The third-order valence-electron chi connectivity index (χ3n) is 4.68. The lowest BCUT2D eigenvalue weighted by atomic mass is 10.1. The van der Waals surface area contributed by atoms with Gasteiger partial charge in [-0.25, -0.2) is 0 Å². The summed E-state index contributed by atoms with van der Waals surface area (Å²) in [6.07, 6.45) is 2.59. The fourth-order valence-corrected chi connectivity index (χ4v) is 3.46. The molecule has 0 saturated carbocycles. The monoisotopic (exact) mass is 484 g/mol. The first kappa shape index (κ1) is 24.1. The molecule has 30 heavy (non-hydrogen) atoms. The number of nitrogens with one attached hydrogen (secondary N) is 1. The van der Waals surface area contributed by atoms with Gasteiger partial charge in [0, 0.05) is 24.7 Å². The van der Waals surface area contributed by atoms with Crippen LogP contribution in [0.1, 0.15) is 43.0 Å². The number of amides is 2. The van der Waals surface area contributed by atoms with Crippen LogP contribution >= 0.6 is 15.9 Å². The zero-order valence-electron chi connectivity index (χ0n) is 17.4. The topological polar surface area (TPSA) is 94.2 Å². The van der Waals surface area contributed by atoms with Crippen LogP contribution in [0.25, 0.3) is 0 Å². The van der Waals surface area contributed by atoms with Gasteiger partial charge in [0.05, 0.1) is 25.2 Å². The molecule has 0 aliphatic carbocycles. The summed E-state index contributed by atoms with van der Waals surface area (Å²) in [6.45, 7) is 3.66. The first-order valence-electron chi connectivity index (χ1n) is 10.1. The number of ether oxygens (including phenoxy) is 3. The maximum absolute atomic E-state index is 13.3. The van der Waals surface area contributed by atoms with Crippen molar-refractivity contribution in [2.75, 3.05) is 40.0 Å². The second-order valence-corrected chi connectivity index (χ2v) is 7.83. The molecule has 2 rings (SSSR count). The van der Waals surface area contributed by atoms with Crippen molar-refractivity contribution in [3.63, 3.8) is 0 Å². The summed E-state index contributed by atoms with van der Waals surface area (Å²) in [5.74, 6) is -0.830. The van der Waals surface area contributed by atoms with Gasteiger partial charge in [-0.2, -0.15) is 0 Å². The number of esters is 1. The van der Waals surface area contributed by atoms with E-state index in [2.05, 4.69) is 28.2 Å². The number of rotatable bonds is 11. The number of carbonyl (C=O) groups excluding carboxylic acids is 3. The van der Waals surface area contributed by atoms with Gasteiger partial charge in [-0.15, -0.1) is 0 Å². The van der Waals surface area contributed by atoms with Crippen molar-refractivity contribution in [3.05, 3.63) is 28.2 Å². The second kappa shape index (κ2) is 12.5. The van der Waals surface area contributed by atoms with E-state index in [4.69, 9.17) is 14.2 Å². The van der Waals surface area contributed by atoms with E-state index in [1.165, 1.54) is 4.90 Å². The smallest absolute Gasteiger partial charge is 0.308 e. The Morgan fingerprint density at radius 2 is 2.03 bits per heavy atom. The van der Waals surface area contributed by atoms with E-state index in [0.717, 1.165) is 19.3 Å². The summed E-state index contributed by atoms with van der Waals surface area (Å²) in [7, 11) is 1.56. The van der Waals surface area contributed by atoms with Crippen LogP contribution in [-0.2, 0) is 19.1 Å². The molecular formula is C21H29BrN2O6. The molecule has 0 spiro atoms. The fraction of sp³-hybridized carbons (Fsp3) is 0.571. The largest absolute Gasteiger partial charge is 0.490 e. The van der Waals surface area contributed by atoms with Crippen molar-refractivity contribution in [1.82, 2.24) is 10.2 Å². The molecule has 1 aliphatic rings. The van der Waals surface area contributed by atoms with Crippen molar-refractivity contribution >= 4 is 33.7 Å². The van der Waals surface area contributed by atoms with Crippen LogP contribution in [0.3, 0.4) is 0 Å². The van der Waals surface area contributed by atoms with E-state index in [1.807, 2.05) is 0 Å². The number of hydrogen-bond acceptors (Lipinski definition) is 6. The molecule has 0 bridgehead atoms. The van der Waals surface area contributed by atoms with Crippen molar-refractivity contribution in [3.8, 4) is 5.75 Å². The van der Waals surface area contributed by atoms with Gasteiger partial charge in [-0.3, -0.25) is 14.4 Å². The van der Waals surface area contributed by atoms with Crippen LogP contribution in [-0.4, -0.2) is 68.7 Å². The molecule has 1 aromatic rings. The summed E-state index contributed by atoms with van der Waals surface area (Å²) < 4.78 is 16.6. The molecule has 0 radical (unpaired) electrons. The highest BCUT2D eigenvalue weighted by Crippen LogP contribution is 2.26. The van der Waals surface area contributed by atoms with Gasteiger partial charge in [0.25, 0.3) is 5.91 Å². The predicted molar refractivity (Wildman–Crippen MR) is 114 cm³/mol. The molecule has 1 fully saturated rings. The third kappa shape index (κ3) is 6.98. The highest BCUT2D eigenvalue weighted by molar-refractivity contribution is 9.10. The average molecular weight is 485 g/mol.